The molecule has 1 aliphatic heterocycles. The van der Waals surface area contributed by atoms with Crippen LogP contribution in [0.4, 0.5) is 5.69 Å². The van der Waals surface area contributed by atoms with Crippen LogP contribution in [0.2, 0.25) is 0 Å². The van der Waals surface area contributed by atoms with Gasteiger partial charge in [-0.25, -0.2) is 9.97 Å². The number of hydrogen-bond donors (Lipinski definition) is 1. The normalized spacial score (nSPS) is 16.3. The molecule has 1 amide bonds. The molecule has 2 aromatic heterocycles. The van der Waals surface area contributed by atoms with E-state index in [9.17, 15) is 4.79 Å². The largest absolute Gasteiger partial charge is 0.473 e. The summed E-state index contributed by atoms with van der Waals surface area (Å²) >= 11 is 3.49. The fourth-order valence-corrected chi connectivity index (χ4v) is 4.56. The van der Waals surface area contributed by atoms with E-state index < -0.39 is 0 Å². The smallest absolute Gasteiger partial charge is 0.255 e. The second kappa shape index (κ2) is 8.10. The van der Waals surface area contributed by atoms with E-state index >= 15 is 0 Å². The molecule has 3 heterocycles. The number of rotatable bonds is 5. The van der Waals surface area contributed by atoms with Gasteiger partial charge in [0.1, 0.15) is 6.10 Å². The first-order chi connectivity index (χ1) is 13.2. The highest BCUT2D eigenvalue weighted by atomic mass is 32.2. The first kappa shape index (κ1) is 18.0. The van der Waals surface area contributed by atoms with Crippen molar-refractivity contribution in [3.8, 4) is 17.1 Å². The number of nitrogens with one attached hydrogen (secondary N) is 1. The quantitative estimate of drug-likeness (QED) is 0.679. The van der Waals surface area contributed by atoms with E-state index in [0.29, 0.717) is 11.4 Å². The molecule has 1 aromatic carbocycles. The van der Waals surface area contributed by atoms with Crippen LogP contribution in [0.25, 0.3) is 11.3 Å². The van der Waals surface area contributed by atoms with Gasteiger partial charge in [0, 0.05) is 40.2 Å². The lowest BCUT2D eigenvalue weighted by molar-refractivity contribution is 0.102. The molecular weight excluding hydrogens is 378 g/mol. The second-order valence-electron chi connectivity index (χ2n) is 6.27. The summed E-state index contributed by atoms with van der Waals surface area (Å²) in [5.74, 6) is 2.40. The van der Waals surface area contributed by atoms with Crippen molar-refractivity contribution in [1.29, 1.82) is 0 Å². The van der Waals surface area contributed by atoms with Gasteiger partial charge in [0.2, 0.25) is 5.88 Å². The Labute approximate surface area is 166 Å². The molecule has 7 heteroatoms. The lowest BCUT2D eigenvalue weighted by Crippen LogP contribution is -2.17. The standard InChI is InChI=1S/C20H19N3O2S2/c1-13-22-18(12-27-13)14-3-2-4-16(9-14)23-20(24)15-5-7-21-19(10-15)25-17-6-8-26-11-17/h2-5,7,9-10,12,17H,6,8,11H2,1H3,(H,23,24). The average molecular weight is 398 g/mol. The van der Waals surface area contributed by atoms with E-state index in [1.807, 2.05) is 48.3 Å². The van der Waals surface area contributed by atoms with E-state index in [0.717, 1.165) is 39.9 Å². The Morgan fingerprint density at radius 3 is 3.00 bits per heavy atom. The summed E-state index contributed by atoms with van der Waals surface area (Å²) < 4.78 is 5.88. The summed E-state index contributed by atoms with van der Waals surface area (Å²) in [7, 11) is 0. The molecule has 0 saturated carbocycles. The van der Waals surface area contributed by atoms with Gasteiger partial charge in [-0.05, 0) is 37.3 Å². The minimum absolute atomic E-state index is 0.180. The zero-order valence-corrected chi connectivity index (χ0v) is 16.5. The maximum atomic E-state index is 12.6. The number of nitrogens with zero attached hydrogens (tertiary/aromatic N) is 2. The van der Waals surface area contributed by atoms with Crippen LogP contribution in [0.1, 0.15) is 21.8 Å². The molecule has 27 heavy (non-hydrogen) atoms. The molecule has 3 aromatic rings. The summed E-state index contributed by atoms with van der Waals surface area (Å²) in [6, 6.07) is 11.1. The van der Waals surface area contributed by atoms with Crippen LogP contribution in [0.3, 0.4) is 0 Å². The van der Waals surface area contributed by atoms with E-state index in [2.05, 4.69) is 15.3 Å². The first-order valence-electron chi connectivity index (χ1n) is 8.72. The average Bonchev–Trinajstić information content (AvgIpc) is 3.34. The minimum Gasteiger partial charge on any atom is -0.473 e. The van der Waals surface area contributed by atoms with Crippen LogP contribution < -0.4 is 10.1 Å². The monoisotopic (exact) mass is 397 g/mol. The van der Waals surface area contributed by atoms with E-state index in [4.69, 9.17) is 4.74 Å². The van der Waals surface area contributed by atoms with Crippen LogP contribution >= 0.6 is 23.1 Å². The number of thioether (sulfide) groups is 1. The molecule has 0 bridgehead atoms. The highest BCUT2D eigenvalue weighted by molar-refractivity contribution is 7.99. The number of thiazole rings is 1. The number of carbonyl (C=O) groups is 1. The van der Waals surface area contributed by atoms with Gasteiger partial charge in [-0.15, -0.1) is 11.3 Å². The lowest BCUT2D eigenvalue weighted by Gasteiger charge is -2.12. The number of aromatic nitrogens is 2. The summed E-state index contributed by atoms with van der Waals surface area (Å²) in [6.45, 7) is 1.98. The number of ether oxygens (including phenoxy) is 1. The molecular formula is C20H19N3O2S2. The zero-order chi connectivity index (χ0) is 18.6. The van der Waals surface area contributed by atoms with Crippen molar-refractivity contribution in [1.82, 2.24) is 9.97 Å². The van der Waals surface area contributed by atoms with Gasteiger partial charge in [0.05, 0.1) is 10.7 Å². The Kier molecular flexibility index (Phi) is 5.40. The third-order valence-electron chi connectivity index (χ3n) is 4.21. The molecule has 1 saturated heterocycles. The summed E-state index contributed by atoms with van der Waals surface area (Å²) in [5.41, 5.74) is 3.16. The summed E-state index contributed by atoms with van der Waals surface area (Å²) in [4.78, 5) is 21.4. The van der Waals surface area contributed by atoms with Gasteiger partial charge in [-0.3, -0.25) is 4.79 Å². The molecule has 1 N–H and O–H groups in total. The SMILES string of the molecule is Cc1nc(-c2cccc(NC(=O)c3ccnc(OC4CCSC4)c3)c2)cs1. The predicted molar refractivity (Wildman–Crippen MR) is 111 cm³/mol. The Hall–Kier alpha value is -2.38. The van der Waals surface area contributed by atoms with E-state index in [1.165, 1.54) is 0 Å². The van der Waals surface area contributed by atoms with Gasteiger partial charge in [-0.1, -0.05) is 12.1 Å². The zero-order valence-electron chi connectivity index (χ0n) is 14.8. The highest BCUT2D eigenvalue weighted by Crippen LogP contribution is 2.25. The fraction of sp³-hybridized carbons (Fsp3) is 0.250. The van der Waals surface area contributed by atoms with E-state index in [-0.39, 0.29) is 12.0 Å². The molecule has 0 radical (unpaired) electrons. The number of carbonyl (C=O) groups excluding carboxylic acids is 1. The van der Waals surface area contributed by atoms with Gasteiger partial charge < -0.3 is 10.1 Å². The number of amides is 1. The lowest BCUT2D eigenvalue weighted by atomic mass is 10.1. The molecule has 5 nitrogen and oxygen atoms in total. The molecule has 1 unspecified atom stereocenters. The van der Waals surface area contributed by atoms with Crippen molar-refractivity contribution in [3.05, 3.63) is 58.5 Å². The molecule has 1 atom stereocenters. The third-order valence-corrected chi connectivity index (χ3v) is 6.11. The van der Waals surface area contributed by atoms with Crippen molar-refractivity contribution < 1.29 is 9.53 Å². The van der Waals surface area contributed by atoms with Crippen molar-refractivity contribution in [2.45, 2.75) is 19.4 Å². The first-order valence-corrected chi connectivity index (χ1v) is 10.8. The van der Waals surface area contributed by atoms with Crippen LogP contribution in [0.5, 0.6) is 5.88 Å². The summed E-state index contributed by atoms with van der Waals surface area (Å²) in [5, 5.41) is 5.98. The van der Waals surface area contributed by atoms with Crippen molar-refractivity contribution in [2.75, 3.05) is 16.8 Å². The number of hydrogen-bond acceptors (Lipinski definition) is 6. The van der Waals surface area contributed by atoms with Crippen LogP contribution in [0.15, 0.2) is 48.0 Å². The number of pyridine rings is 1. The van der Waals surface area contributed by atoms with Crippen LogP contribution in [-0.2, 0) is 0 Å². The van der Waals surface area contributed by atoms with Crippen LogP contribution in [0, 0.1) is 6.92 Å². The number of benzene rings is 1. The summed E-state index contributed by atoms with van der Waals surface area (Å²) in [6.07, 6.45) is 2.81. The van der Waals surface area contributed by atoms with Gasteiger partial charge in [0.15, 0.2) is 0 Å². The second-order valence-corrected chi connectivity index (χ2v) is 8.48. The molecule has 0 spiro atoms. The Morgan fingerprint density at radius 2 is 2.22 bits per heavy atom. The van der Waals surface area contributed by atoms with Crippen molar-refractivity contribution >= 4 is 34.7 Å². The molecule has 4 rings (SSSR count). The molecule has 1 fully saturated rings. The van der Waals surface area contributed by atoms with E-state index in [1.54, 1.807) is 29.7 Å². The predicted octanol–water partition coefficient (Wildman–Crippen LogP) is 4.65. The number of anilines is 1. The molecule has 138 valence electrons. The highest BCUT2D eigenvalue weighted by Gasteiger charge is 2.18. The maximum absolute atomic E-state index is 12.6. The third kappa shape index (κ3) is 4.48. The number of aryl methyl sites for hydroxylation is 1. The van der Waals surface area contributed by atoms with Gasteiger partial charge in [-0.2, -0.15) is 11.8 Å². The van der Waals surface area contributed by atoms with Gasteiger partial charge in [0.25, 0.3) is 5.91 Å². The molecule has 1 aliphatic rings. The molecule has 0 aliphatic carbocycles. The Balaban J connectivity index is 1.47. The fourth-order valence-electron chi connectivity index (χ4n) is 2.85. The van der Waals surface area contributed by atoms with Crippen LogP contribution in [-0.4, -0.2) is 33.5 Å². The Bertz CT molecular complexity index is 952. The minimum atomic E-state index is -0.186. The maximum Gasteiger partial charge on any atom is 0.255 e. The van der Waals surface area contributed by atoms with Crippen molar-refractivity contribution in [3.63, 3.8) is 0 Å². The van der Waals surface area contributed by atoms with Gasteiger partial charge >= 0.3 is 0 Å². The van der Waals surface area contributed by atoms with Crippen molar-refractivity contribution in [2.24, 2.45) is 0 Å². The Morgan fingerprint density at radius 1 is 1.30 bits per heavy atom. The topological polar surface area (TPSA) is 64.1 Å².